The first-order valence-electron chi connectivity index (χ1n) is 10.5. The van der Waals surface area contributed by atoms with Crippen molar-refractivity contribution < 1.29 is 22.7 Å². The molecule has 162 valence electrons. The molecule has 30 heavy (non-hydrogen) atoms. The van der Waals surface area contributed by atoms with Gasteiger partial charge in [0.2, 0.25) is 5.91 Å². The lowest BCUT2D eigenvalue weighted by molar-refractivity contribution is -0.139. The molecule has 0 spiro atoms. The Balaban J connectivity index is 1.60. The molecule has 5 nitrogen and oxygen atoms in total. The van der Waals surface area contributed by atoms with Crippen molar-refractivity contribution >= 4 is 11.6 Å². The number of nitriles is 1. The standard InChI is InChI=1S/C22H26F3N3O2/c1-2-30-14-21-12-27(20(29)15-3-4-15)8-7-17(21)11-28(13-21)18-6-5-16(10-26)19(9-18)22(23,24)25/h5-6,9,15,17H,2-4,7-8,11-14H2,1H3/t17-,21+/m0/s1. The maximum absolute atomic E-state index is 13.4. The Morgan fingerprint density at radius 2 is 2.07 bits per heavy atom. The number of anilines is 1. The summed E-state index contributed by atoms with van der Waals surface area (Å²) in [6, 6.07) is 5.56. The Morgan fingerprint density at radius 1 is 1.30 bits per heavy atom. The van der Waals surface area contributed by atoms with Gasteiger partial charge in [-0.3, -0.25) is 4.79 Å². The average molecular weight is 421 g/mol. The molecule has 1 aromatic carbocycles. The average Bonchev–Trinajstić information content (AvgIpc) is 3.50. The molecule has 1 aromatic rings. The molecule has 8 heteroatoms. The van der Waals surface area contributed by atoms with Crippen LogP contribution in [-0.2, 0) is 15.7 Å². The predicted octanol–water partition coefficient (Wildman–Crippen LogP) is 3.68. The van der Waals surface area contributed by atoms with Gasteiger partial charge in [0.15, 0.2) is 0 Å². The molecule has 0 N–H and O–H groups in total. The second-order valence-corrected chi connectivity index (χ2v) is 8.74. The van der Waals surface area contributed by atoms with E-state index in [1.165, 1.54) is 6.07 Å². The van der Waals surface area contributed by atoms with Gasteiger partial charge >= 0.3 is 6.18 Å². The molecule has 1 saturated carbocycles. The first-order chi connectivity index (χ1) is 14.3. The van der Waals surface area contributed by atoms with E-state index in [0.29, 0.717) is 45.1 Å². The highest BCUT2D eigenvalue weighted by atomic mass is 19.4. The Bertz CT molecular complexity index is 862. The number of carbonyl (C=O) groups is 1. The maximum atomic E-state index is 13.4. The maximum Gasteiger partial charge on any atom is 0.417 e. The Kier molecular flexibility index (Phi) is 5.43. The van der Waals surface area contributed by atoms with Crippen molar-refractivity contribution in [3.8, 4) is 6.07 Å². The summed E-state index contributed by atoms with van der Waals surface area (Å²) >= 11 is 0. The van der Waals surface area contributed by atoms with Gasteiger partial charge in [-0.1, -0.05) is 0 Å². The van der Waals surface area contributed by atoms with E-state index in [1.807, 2.05) is 16.7 Å². The summed E-state index contributed by atoms with van der Waals surface area (Å²) < 4.78 is 46.1. The largest absolute Gasteiger partial charge is 0.417 e. The van der Waals surface area contributed by atoms with Crippen LogP contribution in [0.15, 0.2) is 18.2 Å². The van der Waals surface area contributed by atoms with Crippen LogP contribution in [0.1, 0.15) is 37.3 Å². The topological polar surface area (TPSA) is 56.6 Å². The minimum absolute atomic E-state index is 0.149. The zero-order chi connectivity index (χ0) is 21.5. The van der Waals surface area contributed by atoms with Crippen LogP contribution in [0, 0.1) is 28.6 Å². The molecule has 4 rings (SSSR count). The predicted molar refractivity (Wildman–Crippen MR) is 105 cm³/mol. The highest BCUT2D eigenvalue weighted by molar-refractivity contribution is 5.81. The lowest BCUT2D eigenvalue weighted by atomic mass is 9.74. The summed E-state index contributed by atoms with van der Waals surface area (Å²) in [6.07, 6.45) is -1.85. The molecule has 3 fully saturated rings. The van der Waals surface area contributed by atoms with Crippen LogP contribution in [0.3, 0.4) is 0 Å². The first kappa shape index (κ1) is 21.0. The molecule has 0 bridgehead atoms. The number of piperidine rings is 1. The van der Waals surface area contributed by atoms with Gasteiger partial charge in [0, 0.05) is 49.8 Å². The lowest BCUT2D eigenvalue weighted by Gasteiger charge is -2.44. The number of benzene rings is 1. The van der Waals surface area contributed by atoms with Crippen LogP contribution in [0.5, 0.6) is 0 Å². The van der Waals surface area contributed by atoms with E-state index in [1.54, 1.807) is 12.1 Å². The molecular weight excluding hydrogens is 395 g/mol. The highest BCUT2D eigenvalue weighted by Crippen LogP contribution is 2.46. The molecule has 0 aromatic heterocycles. The first-order valence-corrected chi connectivity index (χ1v) is 10.5. The van der Waals surface area contributed by atoms with E-state index in [0.717, 1.165) is 25.3 Å². The highest BCUT2D eigenvalue weighted by Gasteiger charge is 2.52. The second-order valence-electron chi connectivity index (χ2n) is 8.74. The van der Waals surface area contributed by atoms with Crippen LogP contribution < -0.4 is 4.90 Å². The van der Waals surface area contributed by atoms with Gasteiger partial charge in [-0.2, -0.15) is 18.4 Å². The number of carbonyl (C=O) groups excluding carboxylic acids is 1. The summed E-state index contributed by atoms with van der Waals surface area (Å²) in [4.78, 5) is 16.6. The van der Waals surface area contributed by atoms with E-state index in [-0.39, 0.29) is 28.7 Å². The van der Waals surface area contributed by atoms with Crippen molar-refractivity contribution in [3.63, 3.8) is 0 Å². The summed E-state index contributed by atoms with van der Waals surface area (Å²) in [6.45, 7) is 5.41. The Labute approximate surface area is 174 Å². The molecule has 1 amide bonds. The van der Waals surface area contributed by atoms with Crippen LogP contribution in [-0.4, -0.2) is 50.2 Å². The van der Waals surface area contributed by atoms with Gasteiger partial charge < -0.3 is 14.5 Å². The minimum atomic E-state index is -4.58. The lowest BCUT2D eigenvalue weighted by Crippen LogP contribution is -2.53. The van der Waals surface area contributed by atoms with Crippen molar-refractivity contribution in [2.75, 3.05) is 44.3 Å². The van der Waals surface area contributed by atoms with Gasteiger partial charge in [-0.15, -0.1) is 0 Å². The number of hydrogen-bond donors (Lipinski definition) is 0. The third kappa shape index (κ3) is 3.87. The van der Waals surface area contributed by atoms with Gasteiger partial charge in [0.25, 0.3) is 0 Å². The quantitative estimate of drug-likeness (QED) is 0.728. The van der Waals surface area contributed by atoms with Crippen molar-refractivity contribution in [2.24, 2.45) is 17.3 Å². The van der Waals surface area contributed by atoms with E-state index >= 15 is 0 Å². The minimum Gasteiger partial charge on any atom is -0.381 e. The molecule has 3 aliphatic rings. The fourth-order valence-corrected chi connectivity index (χ4v) is 4.93. The number of halogens is 3. The molecule has 2 atom stereocenters. The number of rotatable bonds is 5. The number of amides is 1. The summed E-state index contributed by atoms with van der Waals surface area (Å²) in [5.41, 5.74) is -1.09. The van der Waals surface area contributed by atoms with Gasteiger partial charge in [-0.25, -0.2) is 0 Å². The van der Waals surface area contributed by atoms with Crippen LogP contribution in [0.25, 0.3) is 0 Å². The Hall–Kier alpha value is -2.27. The van der Waals surface area contributed by atoms with Crippen molar-refractivity contribution in [2.45, 2.75) is 32.4 Å². The zero-order valence-corrected chi connectivity index (χ0v) is 17.0. The van der Waals surface area contributed by atoms with Crippen molar-refractivity contribution in [3.05, 3.63) is 29.3 Å². The van der Waals surface area contributed by atoms with Crippen LogP contribution >= 0.6 is 0 Å². The van der Waals surface area contributed by atoms with Gasteiger partial charge in [0.05, 0.1) is 23.8 Å². The third-order valence-electron chi connectivity index (χ3n) is 6.69. The molecule has 1 aliphatic carbocycles. The van der Waals surface area contributed by atoms with Crippen molar-refractivity contribution in [1.29, 1.82) is 5.26 Å². The smallest absolute Gasteiger partial charge is 0.381 e. The van der Waals surface area contributed by atoms with Crippen molar-refractivity contribution in [1.82, 2.24) is 4.90 Å². The number of fused-ring (bicyclic) bond motifs is 1. The molecule has 0 radical (unpaired) electrons. The summed E-state index contributed by atoms with van der Waals surface area (Å²) in [5, 5.41) is 9.06. The fraction of sp³-hybridized carbons (Fsp3) is 0.636. The second kappa shape index (κ2) is 7.77. The number of likely N-dealkylation sites (tertiary alicyclic amines) is 1. The normalized spacial score (nSPS) is 26.4. The van der Waals surface area contributed by atoms with Crippen LogP contribution in [0.2, 0.25) is 0 Å². The van der Waals surface area contributed by atoms with E-state index < -0.39 is 11.7 Å². The zero-order valence-electron chi connectivity index (χ0n) is 17.0. The SMILES string of the molecule is CCOC[C@]12CN(C(=O)C3CC3)CC[C@H]1CN(c1ccc(C#N)c(C(F)(F)F)c1)C2. The van der Waals surface area contributed by atoms with Gasteiger partial charge in [0.1, 0.15) is 0 Å². The van der Waals surface area contributed by atoms with Crippen LogP contribution in [0.4, 0.5) is 18.9 Å². The Morgan fingerprint density at radius 3 is 2.70 bits per heavy atom. The van der Waals surface area contributed by atoms with E-state index in [4.69, 9.17) is 10.00 Å². The number of hydrogen-bond acceptors (Lipinski definition) is 4. The van der Waals surface area contributed by atoms with E-state index in [9.17, 15) is 18.0 Å². The number of alkyl halides is 3. The number of nitrogens with zero attached hydrogens (tertiary/aromatic N) is 3. The summed E-state index contributed by atoms with van der Waals surface area (Å²) in [5.74, 6) is 0.605. The fourth-order valence-electron chi connectivity index (χ4n) is 4.93. The molecule has 2 saturated heterocycles. The molecule has 2 aliphatic heterocycles. The monoisotopic (exact) mass is 421 g/mol. The third-order valence-corrected chi connectivity index (χ3v) is 6.69. The number of ether oxygens (including phenoxy) is 1. The molecule has 0 unspecified atom stereocenters. The van der Waals surface area contributed by atoms with E-state index in [2.05, 4.69) is 0 Å². The molecule has 2 heterocycles. The summed E-state index contributed by atoms with van der Waals surface area (Å²) in [7, 11) is 0. The molecular formula is C22H26F3N3O2. The van der Waals surface area contributed by atoms with Gasteiger partial charge in [-0.05, 0) is 50.3 Å².